The normalized spacial score (nSPS) is 26.9. The lowest BCUT2D eigenvalue weighted by Crippen LogP contribution is -2.63. The molecule has 0 spiro atoms. The van der Waals surface area contributed by atoms with Crippen molar-refractivity contribution in [2.24, 2.45) is 15.0 Å². The van der Waals surface area contributed by atoms with Gasteiger partial charge in [0, 0.05) is 7.11 Å². The second kappa shape index (κ2) is 8.01. The quantitative estimate of drug-likeness (QED) is 0.644. The average molecular weight is 356 g/mol. The van der Waals surface area contributed by atoms with Crippen LogP contribution in [0, 0.1) is 0 Å². The number of nitrogens with one attached hydrogen (secondary N) is 3. The number of hydrogen-bond donors (Lipinski definition) is 3. The summed E-state index contributed by atoms with van der Waals surface area (Å²) in [5.74, 6) is 2.14. The van der Waals surface area contributed by atoms with E-state index in [-0.39, 0.29) is 12.3 Å². The average Bonchev–Trinajstić information content (AvgIpc) is 3.29. The topological polar surface area (TPSA) is 95.5 Å². The molecule has 0 aromatic carbocycles. The van der Waals surface area contributed by atoms with Gasteiger partial charge < -0.3 is 25.1 Å². The smallest absolute Gasteiger partial charge is 0.203 e. The van der Waals surface area contributed by atoms with Gasteiger partial charge in [0.05, 0.1) is 25.3 Å². The Labute approximate surface area is 152 Å². The molecule has 1 aromatic heterocycles. The van der Waals surface area contributed by atoms with Crippen molar-refractivity contribution in [2.45, 2.75) is 37.7 Å². The summed E-state index contributed by atoms with van der Waals surface area (Å²) < 4.78 is 10.6. The second-order valence-corrected chi connectivity index (χ2v) is 6.14. The van der Waals surface area contributed by atoms with Crippen LogP contribution >= 0.6 is 0 Å². The number of aliphatic imine (C=N–C) groups is 3. The third-order valence-electron chi connectivity index (χ3n) is 4.32. The minimum Gasteiger partial charge on any atom is -0.467 e. The van der Waals surface area contributed by atoms with E-state index in [9.17, 15) is 0 Å². The zero-order valence-electron chi connectivity index (χ0n) is 15.0. The van der Waals surface area contributed by atoms with Crippen LogP contribution in [-0.4, -0.2) is 43.1 Å². The molecule has 26 heavy (non-hydrogen) atoms. The molecule has 2 aliphatic heterocycles. The minimum atomic E-state index is -0.495. The molecule has 3 unspecified atom stereocenters. The van der Waals surface area contributed by atoms with Gasteiger partial charge in [-0.1, -0.05) is 12.2 Å². The molecule has 0 radical (unpaired) electrons. The van der Waals surface area contributed by atoms with Crippen LogP contribution in [0.25, 0.3) is 0 Å². The molecule has 3 heterocycles. The monoisotopic (exact) mass is 356 g/mol. The lowest BCUT2D eigenvalue weighted by molar-refractivity contribution is 0.144. The molecule has 3 N–H and O–H groups in total. The fraction of sp³-hybridized carbons (Fsp3) is 0.389. The number of guanidine groups is 1. The van der Waals surface area contributed by atoms with E-state index in [0.717, 1.165) is 18.0 Å². The van der Waals surface area contributed by atoms with Gasteiger partial charge >= 0.3 is 0 Å². The molecule has 1 aromatic rings. The summed E-state index contributed by atoms with van der Waals surface area (Å²) in [6, 6.07) is 3.74. The second-order valence-electron chi connectivity index (χ2n) is 6.14. The first-order valence-corrected chi connectivity index (χ1v) is 8.44. The first-order valence-electron chi connectivity index (χ1n) is 8.44. The van der Waals surface area contributed by atoms with Crippen molar-refractivity contribution in [3.05, 3.63) is 49.1 Å². The number of furan rings is 1. The van der Waals surface area contributed by atoms with Gasteiger partial charge in [0.1, 0.15) is 17.1 Å². The standard InChI is InChI=1S/C18H24N6O2/c1-4-13(25-3)7-5-9-19-17-23-15(20-11-14-8-6-10-26-14)18(2)16(24-17)21-12-22-18/h4-6,8-10,12-13,16H,1,7,11H2,2-3H3,(H,21,22)(H2,19,20,23,24)/b9-5+. The highest BCUT2D eigenvalue weighted by Gasteiger charge is 2.45. The van der Waals surface area contributed by atoms with E-state index in [1.807, 2.05) is 31.3 Å². The van der Waals surface area contributed by atoms with Gasteiger partial charge in [-0.15, -0.1) is 6.58 Å². The third kappa shape index (κ3) is 3.85. The van der Waals surface area contributed by atoms with Gasteiger partial charge in [-0.05, 0) is 31.7 Å². The van der Waals surface area contributed by atoms with Crippen molar-refractivity contribution in [3.63, 3.8) is 0 Å². The molecule has 3 rings (SSSR count). The van der Waals surface area contributed by atoms with Gasteiger partial charge in [0.2, 0.25) is 5.96 Å². The molecule has 0 bridgehead atoms. The van der Waals surface area contributed by atoms with Gasteiger partial charge in [0.15, 0.2) is 6.17 Å². The minimum absolute atomic E-state index is 0.00773. The number of hydrogen-bond acceptors (Lipinski definition) is 7. The molecule has 0 saturated heterocycles. The van der Waals surface area contributed by atoms with Crippen LogP contribution < -0.4 is 16.0 Å². The summed E-state index contributed by atoms with van der Waals surface area (Å²) in [5, 5.41) is 9.62. The Morgan fingerprint density at radius 3 is 3.19 bits per heavy atom. The number of ether oxygens (including phenoxy) is 1. The predicted molar refractivity (Wildman–Crippen MR) is 102 cm³/mol. The van der Waals surface area contributed by atoms with Crippen LogP contribution in [-0.2, 0) is 11.3 Å². The largest absolute Gasteiger partial charge is 0.467 e. The third-order valence-corrected chi connectivity index (χ3v) is 4.32. The molecule has 0 fully saturated rings. The number of nitrogens with zero attached hydrogens (tertiary/aromatic N) is 3. The maximum Gasteiger partial charge on any atom is 0.203 e. The van der Waals surface area contributed by atoms with Crippen LogP contribution in [0.4, 0.5) is 0 Å². The van der Waals surface area contributed by atoms with Gasteiger partial charge in [-0.2, -0.15) is 0 Å². The molecule has 0 amide bonds. The Morgan fingerprint density at radius 1 is 1.58 bits per heavy atom. The van der Waals surface area contributed by atoms with Gasteiger partial charge in [0.25, 0.3) is 0 Å². The van der Waals surface area contributed by atoms with Crippen LogP contribution in [0.15, 0.2) is 62.7 Å². The van der Waals surface area contributed by atoms with Crippen LogP contribution in [0.1, 0.15) is 19.1 Å². The van der Waals surface area contributed by atoms with Gasteiger partial charge in [-0.3, -0.25) is 4.99 Å². The Balaban J connectivity index is 1.68. The molecule has 8 nitrogen and oxygen atoms in total. The van der Waals surface area contributed by atoms with Crippen molar-refractivity contribution in [1.82, 2.24) is 16.0 Å². The summed E-state index contributed by atoms with van der Waals surface area (Å²) in [5.41, 5.74) is -0.495. The Bertz CT molecular complexity index is 737. The van der Waals surface area contributed by atoms with Crippen LogP contribution in [0.5, 0.6) is 0 Å². The summed E-state index contributed by atoms with van der Waals surface area (Å²) in [6.07, 6.45) is 9.29. The highest BCUT2D eigenvalue weighted by molar-refractivity contribution is 6.08. The number of fused-ring (bicyclic) bond motifs is 1. The van der Waals surface area contributed by atoms with E-state index in [1.54, 1.807) is 25.8 Å². The molecule has 8 heteroatoms. The van der Waals surface area contributed by atoms with Gasteiger partial charge in [-0.25, -0.2) is 9.98 Å². The summed E-state index contributed by atoms with van der Waals surface area (Å²) in [4.78, 5) is 13.7. The molecule has 138 valence electrons. The number of methoxy groups -OCH3 is 1. The SMILES string of the molecule is C=CC(C/C=C/NC1=NC2N=CNC2(C)C(=NCc2ccco2)N1)OC. The van der Waals surface area contributed by atoms with Crippen LogP contribution in [0.2, 0.25) is 0 Å². The summed E-state index contributed by atoms with van der Waals surface area (Å²) in [6.45, 7) is 6.19. The predicted octanol–water partition coefficient (Wildman–Crippen LogP) is 1.55. The molecular formula is C18H24N6O2. The lowest BCUT2D eigenvalue weighted by Gasteiger charge is -2.34. The Kier molecular flexibility index (Phi) is 5.52. The number of rotatable bonds is 7. The van der Waals surface area contributed by atoms with Crippen molar-refractivity contribution >= 4 is 18.1 Å². The Morgan fingerprint density at radius 2 is 2.46 bits per heavy atom. The zero-order valence-corrected chi connectivity index (χ0v) is 15.0. The highest BCUT2D eigenvalue weighted by atomic mass is 16.5. The van der Waals surface area contributed by atoms with E-state index >= 15 is 0 Å². The van der Waals surface area contributed by atoms with E-state index in [0.29, 0.717) is 12.5 Å². The van der Waals surface area contributed by atoms with Crippen molar-refractivity contribution in [1.29, 1.82) is 0 Å². The van der Waals surface area contributed by atoms with Crippen molar-refractivity contribution < 1.29 is 9.15 Å². The molecule has 0 aliphatic carbocycles. The molecule has 2 aliphatic rings. The maximum atomic E-state index is 5.36. The van der Waals surface area contributed by atoms with E-state index in [1.165, 1.54) is 0 Å². The fourth-order valence-corrected chi connectivity index (χ4v) is 2.68. The van der Waals surface area contributed by atoms with Crippen molar-refractivity contribution in [2.75, 3.05) is 7.11 Å². The zero-order chi connectivity index (χ0) is 18.4. The first kappa shape index (κ1) is 17.9. The molecule has 0 saturated carbocycles. The Hall–Kier alpha value is -2.87. The van der Waals surface area contributed by atoms with E-state index in [2.05, 4.69) is 37.5 Å². The maximum absolute atomic E-state index is 5.36. The molecular weight excluding hydrogens is 332 g/mol. The van der Waals surface area contributed by atoms with E-state index < -0.39 is 5.54 Å². The first-order chi connectivity index (χ1) is 12.7. The highest BCUT2D eigenvalue weighted by Crippen LogP contribution is 2.23. The number of amidine groups is 1. The summed E-state index contributed by atoms with van der Waals surface area (Å²) in [7, 11) is 1.66. The molecule has 3 atom stereocenters. The fourth-order valence-electron chi connectivity index (χ4n) is 2.68. The lowest BCUT2D eigenvalue weighted by atomic mass is 9.96. The van der Waals surface area contributed by atoms with Crippen LogP contribution in [0.3, 0.4) is 0 Å². The summed E-state index contributed by atoms with van der Waals surface area (Å²) >= 11 is 0. The van der Waals surface area contributed by atoms with Crippen molar-refractivity contribution in [3.8, 4) is 0 Å². The van der Waals surface area contributed by atoms with E-state index in [4.69, 9.17) is 9.15 Å².